The SMILES string of the molecule is COc1ccc(C[C@H](C)NS(=O)(=O)c2ccccc2)cc1. The summed E-state index contributed by atoms with van der Waals surface area (Å²) in [6.45, 7) is 1.85. The van der Waals surface area contributed by atoms with E-state index in [4.69, 9.17) is 4.74 Å². The van der Waals surface area contributed by atoms with Crippen LogP contribution < -0.4 is 9.46 Å². The molecule has 112 valence electrons. The molecule has 21 heavy (non-hydrogen) atoms. The molecule has 1 N–H and O–H groups in total. The fraction of sp³-hybridized carbons (Fsp3) is 0.250. The van der Waals surface area contributed by atoms with Crippen molar-refractivity contribution < 1.29 is 13.2 Å². The average Bonchev–Trinajstić information content (AvgIpc) is 2.48. The number of hydrogen-bond acceptors (Lipinski definition) is 3. The fourth-order valence-electron chi connectivity index (χ4n) is 2.09. The molecular weight excluding hydrogens is 286 g/mol. The van der Waals surface area contributed by atoms with Crippen LogP contribution in [0.15, 0.2) is 59.5 Å². The molecule has 0 amide bonds. The molecule has 0 unspecified atom stereocenters. The Kier molecular flexibility index (Phi) is 4.98. The van der Waals surface area contributed by atoms with Crippen LogP contribution in [0.1, 0.15) is 12.5 Å². The zero-order valence-electron chi connectivity index (χ0n) is 12.1. The molecule has 0 aliphatic carbocycles. The molecule has 0 fully saturated rings. The van der Waals surface area contributed by atoms with Crippen LogP contribution in [0, 0.1) is 0 Å². The van der Waals surface area contributed by atoms with Crippen LogP contribution in [0.25, 0.3) is 0 Å². The quantitative estimate of drug-likeness (QED) is 0.892. The van der Waals surface area contributed by atoms with Gasteiger partial charge in [-0.2, -0.15) is 0 Å². The summed E-state index contributed by atoms with van der Waals surface area (Å²) in [6, 6.07) is 15.8. The third kappa shape index (κ3) is 4.31. The van der Waals surface area contributed by atoms with Crippen LogP contribution in [-0.2, 0) is 16.4 Å². The first-order chi connectivity index (χ1) is 10.0. The number of rotatable bonds is 6. The Labute approximate surface area is 125 Å². The standard InChI is InChI=1S/C16H19NO3S/c1-13(12-14-8-10-15(20-2)11-9-14)17-21(18,19)16-6-4-3-5-7-16/h3-11,13,17H,12H2,1-2H3/t13-/m0/s1. The van der Waals surface area contributed by atoms with Crippen molar-refractivity contribution in [3.05, 3.63) is 60.2 Å². The Morgan fingerprint density at radius 2 is 1.67 bits per heavy atom. The van der Waals surface area contributed by atoms with Crippen molar-refractivity contribution in [3.8, 4) is 5.75 Å². The molecule has 0 saturated heterocycles. The van der Waals surface area contributed by atoms with E-state index in [9.17, 15) is 8.42 Å². The van der Waals surface area contributed by atoms with Crippen LogP contribution in [0.3, 0.4) is 0 Å². The van der Waals surface area contributed by atoms with Gasteiger partial charge in [-0.05, 0) is 43.2 Å². The van der Waals surface area contributed by atoms with Gasteiger partial charge >= 0.3 is 0 Å². The first-order valence-corrected chi connectivity index (χ1v) is 8.20. The summed E-state index contributed by atoms with van der Waals surface area (Å²) in [6.07, 6.45) is 0.621. The van der Waals surface area contributed by atoms with E-state index in [1.54, 1.807) is 37.4 Å². The van der Waals surface area contributed by atoms with E-state index in [0.717, 1.165) is 11.3 Å². The molecule has 2 aromatic carbocycles. The summed E-state index contributed by atoms with van der Waals surface area (Å²) in [4.78, 5) is 0.284. The summed E-state index contributed by atoms with van der Waals surface area (Å²) in [5, 5.41) is 0. The maximum Gasteiger partial charge on any atom is 0.240 e. The van der Waals surface area contributed by atoms with Gasteiger partial charge in [-0.1, -0.05) is 30.3 Å². The minimum absolute atomic E-state index is 0.191. The largest absolute Gasteiger partial charge is 0.497 e. The van der Waals surface area contributed by atoms with Crippen LogP contribution >= 0.6 is 0 Å². The summed E-state index contributed by atoms with van der Waals surface area (Å²) >= 11 is 0. The van der Waals surface area contributed by atoms with Gasteiger partial charge in [-0.15, -0.1) is 0 Å². The number of ether oxygens (including phenoxy) is 1. The van der Waals surface area contributed by atoms with E-state index in [2.05, 4.69) is 4.72 Å². The lowest BCUT2D eigenvalue weighted by Gasteiger charge is -2.14. The van der Waals surface area contributed by atoms with Crippen LogP contribution in [0.4, 0.5) is 0 Å². The van der Waals surface area contributed by atoms with E-state index in [1.165, 1.54) is 0 Å². The Bertz CT molecular complexity index is 666. The lowest BCUT2D eigenvalue weighted by atomic mass is 10.1. The maximum absolute atomic E-state index is 12.2. The monoisotopic (exact) mass is 305 g/mol. The Balaban J connectivity index is 2.02. The first-order valence-electron chi connectivity index (χ1n) is 6.71. The molecule has 0 radical (unpaired) electrons. The van der Waals surface area contributed by atoms with Crippen molar-refractivity contribution >= 4 is 10.0 Å². The van der Waals surface area contributed by atoms with Crippen LogP contribution in [0.5, 0.6) is 5.75 Å². The molecule has 1 atom stereocenters. The highest BCUT2D eigenvalue weighted by molar-refractivity contribution is 7.89. The second-order valence-electron chi connectivity index (χ2n) is 4.89. The predicted octanol–water partition coefficient (Wildman–Crippen LogP) is 2.60. The molecule has 4 nitrogen and oxygen atoms in total. The summed E-state index contributed by atoms with van der Waals surface area (Å²) in [7, 11) is -1.85. The van der Waals surface area contributed by atoms with Gasteiger partial charge in [0, 0.05) is 6.04 Å². The van der Waals surface area contributed by atoms with Gasteiger partial charge in [0.2, 0.25) is 10.0 Å². The Morgan fingerprint density at radius 1 is 1.05 bits per heavy atom. The lowest BCUT2D eigenvalue weighted by Crippen LogP contribution is -2.34. The molecule has 0 heterocycles. The van der Waals surface area contributed by atoms with Crippen LogP contribution in [-0.4, -0.2) is 21.6 Å². The normalized spacial score (nSPS) is 12.9. The first kappa shape index (κ1) is 15.5. The highest BCUT2D eigenvalue weighted by Crippen LogP contribution is 2.14. The number of methoxy groups -OCH3 is 1. The fourth-order valence-corrected chi connectivity index (χ4v) is 3.35. The average molecular weight is 305 g/mol. The van der Waals surface area contributed by atoms with Gasteiger partial charge in [-0.25, -0.2) is 13.1 Å². The molecule has 0 saturated carbocycles. The van der Waals surface area contributed by atoms with Gasteiger partial charge in [0.25, 0.3) is 0 Å². The summed E-state index contributed by atoms with van der Waals surface area (Å²) in [5.74, 6) is 0.788. The van der Waals surface area contributed by atoms with Gasteiger partial charge in [0.1, 0.15) is 5.75 Å². The second-order valence-corrected chi connectivity index (χ2v) is 6.60. The number of nitrogens with one attached hydrogen (secondary N) is 1. The van der Waals surface area contributed by atoms with Crippen LogP contribution in [0.2, 0.25) is 0 Å². The number of benzene rings is 2. The van der Waals surface area contributed by atoms with Crippen molar-refractivity contribution in [2.75, 3.05) is 7.11 Å². The molecule has 0 aliphatic heterocycles. The van der Waals surface area contributed by atoms with Crippen molar-refractivity contribution in [3.63, 3.8) is 0 Å². The number of hydrogen-bond donors (Lipinski definition) is 1. The highest BCUT2D eigenvalue weighted by Gasteiger charge is 2.16. The van der Waals surface area contributed by atoms with Crippen molar-refractivity contribution in [1.82, 2.24) is 4.72 Å². The second kappa shape index (κ2) is 6.74. The van der Waals surface area contributed by atoms with Gasteiger partial charge in [0.15, 0.2) is 0 Å². The summed E-state index contributed by atoms with van der Waals surface area (Å²) < 4.78 is 32.2. The molecule has 5 heteroatoms. The van der Waals surface area contributed by atoms with Gasteiger partial charge < -0.3 is 4.74 Å². The number of sulfonamides is 1. The van der Waals surface area contributed by atoms with E-state index in [0.29, 0.717) is 6.42 Å². The molecular formula is C16H19NO3S. The van der Waals surface area contributed by atoms with Gasteiger partial charge in [0.05, 0.1) is 12.0 Å². The molecule has 2 aromatic rings. The molecule has 0 spiro atoms. The van der Waals surface area contributed by atoms with E-state index in [-0.39, 0.29) is 10.9 Å². The van der Waals surface area contributed by atoms with Crippen molar-refractivity contribution in [2.45, 2.75) is 24.3 Å². The summed E-state index contributed by atoms with van der Waals surface area (Å²) in [5.41, 5.74) is 1.05. The molecule has 0 aliphatic rings. The zero-order valence-corrected chi connectivity index (χ0v) is 12.9. The predicted molar refractivity (Wildman–Crippen MR) is 82.9 cm³/mol. The Hall–Kier alpha value is -1.85. The molecule has 0 bridgehead atoms. The van der Waals surface area contributed by atoms with Gasteiger partial charge in [-0.3, -0.25) is 0 Å². The topological polar surface area (TPSA) is 55.4 Å². The Morgan fingerprint density at radius 3 is 2.24 bits per heavy atom. The minimum atomic E-state index is -3.47. The third-order valence-electron chi connectivity index (χ3n) is 3.11. The third-order valence-corrected chi connectivity index (χ3v) is 4.72. The lowest BCUT2D eigenvalue weighted by molar-refractivity contribution is 0.414. The molecule has 0 aromatic heterocycles. The highest BCUT2D eigenvalue weighted by atomic mass is 32.2. The van der Waals surface area contributed by atoms with Crippen molar-refractivity contribution in [1.29, 1.82) is 0 Å². The van der Waals surface area contributed by atoms with E-state index in [1.807, 2.05) is 31.2 Å². The van der Waals surface area contributed by atoms with Crippen molar-refractivity contribution in [2.24, 2.45) is 0 Å². The minimum Gasteiger partial charge on any atom is -0.497 e. The molecule has 2 rings (SSSR count). The van der Waals surface area contributed by atoms with E-state index < -0.39 is 10.0 Å². The maximum atomic E-state index is 12.2. The smallest absolute Gasteiger partial charge is 0.240 e. The van der Waals surface area contributed by atoms with E-state index >= 15 is 0 Å². The zero-order chi connectivity index (χ0) is 15.3.